The number of amides is 1. The largest absolute Gasteiger partial charge is 0.492 e. The van der Waals surface area contributed by atoms with E-state index in [9.17, 15) is 4.79 Å². The molecule has 1 heterocycles. The summed E-state index contributed by atoms with van der Waals surface area (Å²) < 4.78 is 12.3. The number of fused-ring (bicyclic) bond motifs is 1. The fourth-order valence-corrected chi connectivity index (χ4v) is 3.04. The maximum atomic E-state index is 12.5. The summed E-state index contributed by atoms with van der Waals surface area (Å²) in [6, 6.07) is 11.1. The average molecular weight is 376 g/mol. The summed E-state index contributed by atoms with van der Waals surface area (Å²) >= 11 is 3.38. The summed E-state index contributed by atoms with van der Waals surface area (Å²) in [4.78, 5) is 12.5. The van der Waals surface area contributed by atoms with Gasteiger partial charge in [0.2, 0.25) is 0 Å². The van der Waals surface area contributed by atoms with Crippen LogP contribution >= 0.6 is 15.9 Å². The Labute approximate surface area is 143 Å². The third-order valence-electron chi connectivity index (χ3n) is 3.63. The topological polar surface area (TPSA) is 47.6 Å². The van der Waals surface area contributed by atoms with Crippen molar-refractivity contribution in [2.45, 2.75) is 26.4 Å². The summed E-state index contributed by atoms with van der Waals surface area (Å²) in [5.74, 6) is 1.30. The first-order chi connectivity index (χ1) is 11.1. The molecule has 1 atom stereocenters. The molecule has 1 N–H and O–H groups in total. The first kappa shape index (κ1) is 15.9. The molecule has 1 amide bonds. The fraction of sp³-hybridized carbons (Fsp3) is 0.278. The molecule has 0 aromatic heterocycles. The van der Waals surface area contributed by atoms with Gasteiger partial charge in [0.05, 0.1) is 12.3 Å². The molecule has 120 valence electrons. The monoisotopic (exact) mass is 375 g/mol. The van der Waals surface area contributed by atoms with Crippen molar-refractivity contribution in [2.75, 3.05) is 11.9 Å². The van der Waals surface area contributed by atoms with E-state index in [1.807, 2.05) is 38.1 Å². The van der Waals surface area contributed by atoms with E-state index in [4.69, 9.17) is 9.47 Å². The SMILES string of the molecule is CCOc1cc2c(cc1NC(=O)c1cccc(Br)c1)O[C@@H](C)C2. The lowest BCUT2D eigenvalue weighted by atomic mass is 10.1. The second kappa shape index (κ2) is 6.62. The summed E-state index contributed by atoms with van der Waals surface area (Å²) in [6.07, 6.45) is 1.01. The van der Waals surface area contributed by atoms with E-state index in [0.717, 1.165) is 22.2 Å². The van der Waals surface area contributed by atoms with Crippen LogP contribution in [0.15, 0.2) is 40.9 Å². The number of rotatable bonds is 4. The number of halogens is 1. The van der Waals surface area contributed by atoms with Gasteiger partial charge in [-0.1, -0.05) is 22.0 Å². The highest BCUT2D eigenvalue weighted by molar-refractivity contribution is 9.10. The lowest BCUT2D eigenvalue weighted by molar-refractivity contribution is 0.102. The van der Waals surface area contributed by atoms with Gasteiger partial charge in [0.1, 0.15) is 17.6 Å². The van der Waals surface area contributed by atoms with Gasteiger partial charge in [-0.3, -0.25) is 4.79 Å². The van der Waals surface area contributed by atoms with E-state index < -0.39 is 0 Å². The van der Waals surface area contributed by atoms with Gasteiger partial charge >= 0.3 is 0 Å². The standard InChI is InChI=1S/C18H18BrNO3/c1-3-22-17-9-13-7-11(2)23-16(13)10-15(17)20-18(21)12-5-4-6-14(19)8-12/h4-6,8-11H,3,7H2,1-2H3,(H,20,21)/t11-/m0/s1. The van der Waals surface area contributed by atoms with Crippen molar-refractivity contribution >= 4 is 27.5 Å². The Kier molecular flexibility index (Phi) is 4.57. The van der Waals surface area contributed by atoms with Crippen molar-refractivity contribution < 1.29 is 14.3 Å². The first-order valence-corrected chi connectivity index (χ1v) is 8.39. The van der Waals surface area contributed by atoms with Gasteiger partial charge in [-0.2, -0.15) is 0 Å². The molecule has 4 nitrogen and oxygen atoms in total. The first-order valence-electron chi connectivity index (χ1n) is 7.60. The van der Waals surface area contributed by atoms with Gasteiger partial charge in [0.15, 0.2) is 0 Å². The van der Waals surface area contributed by atoms with Crippen LogP contribution in [0.25, 0.3) is 0 Å². The van der Waals surface area contributed by atoms with E-state index in [1.165, 1.54) is 0 Å². The Balaban J connectivity index is 1.89. The Morgan fingerprint density at radius 2 is 2.22 bits per heavy atom. The molecule has 0 spiro atoms. The van der Waals surface area contributed by atoms with E-state index >= 15 is 0 Å². The van der Waals surface area contributed by atoms with Crippen LogP contribution in [0.1, 0.15) is 29.8 Å². The minimum absolute atomic E-state index is 0.149. The fourth-order valence-electron chi connectivity index (χ4n) is 2.64. The Morgan fingerprint density at radius 1 is 1.39 bits per heavy atom. The van der Waals surface area contributed by atoms with Crippen LogP contribution < -0.4 is 14.8 Å². The normalized spacial score (nSPS) is 15.7. The van der Waals surface area contributed by atoms with Gasteiger partial charge < -0.3 is 14.8 Å². The third kappa shape index (κ3) is 3.50. The van der Waals surface area contributed by atoms with Crippen molar-refractivity contribution in [3.05, 3.63) is 52.0 Å². The molecular formula is C18H18BrNO3. The molecule has 0 saturated carbocycles. The number of ether oxygens (including phenoxy) is 2. The molecule has 0 aliphatic carbocycles. The van der Waals surface area contributed by atoms with Crippen molar-refractivity contribution in [3.8, 4) is 11.5 Å². The van der Waals surface area contributed by atoms with Crippen LogP contribution in [0.2, 0.25) is 0 Å². The minimum Gasteiger partial charge on any atom is -0.492 e. The van der Waals surface area contributed by atoms with Gasteiger partial charge in [-0.05, 0) is 38.1 Å². The molecule has 0 saturated heterocycles. The predicted molar refractivity (Wildman–Crippen MR) is 93.5 cm³/mol. The number of benzene rings is 2. The van der Waals surface area contributed by atoms with Crippen LogP contribution in [-0.2, 0) is 6.42 Å². The zero-order valence-electron chi connectivity index (χ0n) is 13.1. The molecule has 0 bridgehead atoms. The Bertz CT molecular complexity index is 745. The molecule has 1 aliphatic heterocycles. The van der Waals surface area contributed by atoms with Gasteiger partial charge in [0, 0.05) is 28.1 Å². The Morgan fingerprint density at radius 3 is 2.96 bits per heavy atom. The summed E-state index contributed by atoms with van der Waals surface area (Å²) in [5, 5.41) is 2.92. The zero-order valence-corrected chi connectivity index (χ0v) is 14.6. The summed E-state index contributed by atoms with van der Waals surface area (Å²) in [7, 11) is 0. The third-order valence-corrected chi connectivity index (χ3v) is 4.13. The predicted octanol–water partition coefficient (Wildman–Crippen LogP) is 4.42. The molecular weight excluding hydrogens is 358 g/mol. The molecule has 2 aromatic rings. The maximum Gasteiger partial charge on any atom is 0.255 e. The van der Waals surface area contributed by atoms with E-state index in [-0.39, 0.29) is 12.0 Å². The van der Waals surface area contributed by atoms with E-state index in [1.54, 1.807) is 12.1 Å². The van der Waals surface area contributed by atoms with Gasteiger partial charge in [-0.15, -0.1) is 0 Å². The summed E-state index contributed by atoms with van der Waals surface area (Å²) in [5.41, 5.74) is 2.32. The number of carbonyl (C=O) groups excluding carboxylic acids is 1. The van der Waals surface area contributed by atoms with Gasteiger partial charge in [-0.25, -0.2) is 0 Å². The molecule has 1 aliphatic rings. The van der Waals surface area contributed by atoms with Crippen molar-refractivity contribution in [1.82, 2.24) is 0 Å². The quantitative estimate of drug-likeness (QED) is 0.859. The van der Waals surface area contributed by atoms with Crippen LogP contribution in [-0.4, -0.2) is 18.6 Å². The second-order valence-electron chi connectivity index (χ2n) is 5.49. The number of anilines is 1. The lowest BCUT2D eigenvalue weighted by Gasteiger charge is -2.13. The second-order valence-corrected chi connectivity index (χ2v) is 6.40. The molecule has 0 fully saturated rings. The summed E-state index contributed by atoms with van der Waals surface area (Å²) in [6.45, 7) is 4.49. The minimum atomic E-state index is -0.182. The highest BCUT2D eigenvalue weighted by atomic mass is 79.9. The number of carbonyl (C=O) groups is 1. The molecule has 3 rings (SSSR count). The molecule has 5 heteroatoms. The highest BCUT2D eigenvalue weighted by Gasteiger charge is 2.22. The van der Waals surface area contributed by atoms with E-state index in [0.29, 0.717) is 23.6 Å². The van der Waals surface area contributed by atoms with E-state index in [2.05, 4.69) is 21.2 Å². The van der Waals surface area contributed by atoms with Crippen molar-refractivity contribution in [3.63, 3.8) is 0 Å². The number of hydrogen-bond acceptors (Lipinski definition) is 3. The molecule has 2 aromatic carbocycles. The highest BCUT2D eigenvalue weighted by Crippen LogP contribution is 2.38. The number of nitrogens with one attached hydrogen (secondary N) is 1. The smallest absolute Gasteiger partial charge is 0.255 e. The van der Waals surface area contributed by atoms with Crippen molar-refractivity contribution in [2.24, 2.45) is 0 Å². The lowest BCUT2D eigenvalue weighted by Crippen LogP contribution is -2.13. The maximum absolute atomic E-state index is 12.5. The molecule has 0 unspecified atom stereocenters. The van der Waals surface area contributed by atoms with Crippen molar-refractivity contribution in [1.29, 1.82) is 0 Å². The van der Waals surface area contributed by atoms with Crippen LogP contribution in [0.5, 0.6) is 11.5 Å². The number of hydrogen-bond donors (Lipinski definition) is 1. The van der Waals surface area contributed by atoms with Crippen LogP contribution in [0.3, 0.4) is 0 Å². The average Bonchev–Trinajstić information content (AvgIpc) is 2.87. The molecule has 23 heavy (non-hydrogen) atoms. The van der Waals surface area contributed by atoms with Gasteiger partial charge in [0.25, 0.3) is 5.91 Å². The van der Waals surface area contributed by atoms with Crippen LogP contribution in [0, 0.1) is 0 Å². The molecule has 0 radical (unpaired) electrons. The Hall–Kier alpha value is -2.01. The zero-order chi connectivity index (χ0) is 16.4. The van der Waals surface area contributed by atoms with Crippen LogP contribution in [0.4, 0.5) is 5.69 Å².